The molecule has 92 valence electrons. The minimum Gasteiger partial charge on any atom is -0.506 e. The van der Waals surface area contributed by atoms with Gasteiger partial charge in [-0.2, -0.15) is 0 Å². The van der Waals surface area contributed by atoms with Crippen LogP contribution in [0.15, 0.2) is 12.1 Å². The van der Waals surface area contributed by atoms with Crippen LogP contribution in [0.25, 0.3) is 0 Å². The standard InChI is InChI=1S/C11H15N3O3/c1-6-4-9(14-11(17)12-3)10(16)5-8(6)13-7(2)15/h4-5,16H,1-3H3,(H,13,15)(H2,12,14,17). The SMILES string of the molecule is CNC(=O)Nc1cc(C)c(NC(C)=O)cc1O. The summed E-state index contributed by atoms with van der Waals surface area (Å²) >= 11 is 0. The van der Waals surface area contributed by atoms with Gasteiger partial charge in [-0.3, -0.25) is 4.79 Å². The highest BCUT2D eigenvalue weighted by Gasteiger charge is 2.09. The number of phenolic OH excluding ortho intramolecular Hbond substituents is 1. The van der Waals surface area contributed by atoms with Gasteiger partial charge in [0.2, 0.25) is 5.91 Å². The van der Waals surface area contributed by atoms with Crippen LogP contribution >= 0.6 is 0 Å². The monoisotopic (exact) mass is 237 g/mol. The summed E-state index contributed by atoms with van der Waals surface area (Å²) in [7, 11) is 1.48. The van der Waals surface area contributed by atoms with Gasteiger partial charge < -0.3 is 21.1 Å². The van der Waals surface area contributed by atoms with Gasteiger partial charge in [0.25, 0.3) is 0 Å². The summed E-state index contributed by atoms with van der Waals surface area (Å²) in [4.78, 5) is 22.0. The summed E-state index contributed by atoms with van der Waals surface area (Å²) in [5, 5.41) is 17.1. The van der Waals surface area contributed by atoms with Crippen molar-refractivity contribution in [3.05, 3.63) is 17.7 Å². The van der Waals surface area contributed by atoms with Gasteiger partial charge in [0.05, 0.1) is 5.69 Å². The fraction of sp³-hybridized carbons (Fsp3) is 0.273. The van der Waals surface area contributed by atoms with Gasteiger partial charge >= 0.3 is 6.03 Å². The van der Waals surface area contributed by atoms with E-state index >= 15 is 0 Å². The van der Waals surface area contributed by atoms with E-state index in [4.69, 9.17) is 0 Å². The Kier molecular flexibility index (Phi) is 3.92. The number of benzene rings is 1. The topological polar surface area (TPSA) is 90.5 Å². The van der Waals surface area contributed by atoms with E-state index in [0.29, 0.717) is 5.69 Å². The highest BCUT2D eigenvalue weighted by Crippen LogP contribution is 2.30. The molecule has 0 aromatic heterocycles. The van der Waals surface area contributed by atoms with Crippen molar-refractivity contribution >= 4 is 23.3 Å². The number of hydrogen-bond acceptors (Lipinski definition) is 3. The van der Waals surface area contributed by atoms with E-state index < -0.39 is 6.03 Å². The van der Waals surface area contributed by atoms with E-state index in [1.807, 2.05) is 0 Å². The lowest BCUT2D eigenvalue weighted by Gasteiger charge is -2.12. The highest BCUT2D eigenvalue weighted by molar-refractivity contribution is 5.93. The van der Waals surface area contributed by atoms with E-state index in [2.05, 4.69) is 16.0 Å². The average Bonchev–Trinajstić information content (AvgIpc) is 2.24. The van der Waals surface area contributed by atoms with Gasteiger partial charge in [-0.05, 0) is 18.6 Å². The predicted molar refractivity (Wildman–Crippen MR) is 65.2 cm³/mol. The lowest BCUT2D eigenvalue weighted by Crippen LogP contribution is -2.24. The van der Waals surface area contributed by atoms with Gasteiger partial charge in [-0.15, -0.1) is 0 Å². The zero-order chi connectivity index (χ0) is 13.0. The molecule has 1 aromatic carbocycles. The average molecular weight is 237 g/mol. The van der Waals surface area contributed by atoms with Crippen molar-refractivity contribution in [3.63, 3.8) is 0 Å². The third kappa shape index (κ3) is 3.37. The van der Waals surface area contributed by atoms with E-state index in [1.54, 1.807) is 13.0 Å². The lowest BCUT2D eigenvalue weighted by atomic mass is 10.1. The number of phenols is 1. The first-order valence-electron chi connectivity index (χ1n) is 5.04. The van der Waals surface area contributed by atoms with Crippen molar-refractivity contribution in [1.82, 2.24) is 5.32 Å². The molecular weight excluding hydrogens is 222 g/mol. The molecule has 0 atom stereocenters. The zero-order valence-electron chi connectivity index (χ0n) is 9.92. The molecule has 1 rings (SSSR count). The first kappa shape index (κ1) is 12.8. The molecule has 1 aromatic rings. The first-order valence-corrected chi connectivity index (χ1v) is 5.04. The second kappa shape index (κ2) is 5.20. The molecule has 0 saturated heterocycles. The van der Waals surface area contributed by atoms with Gasteiger partial charge in [0.15, 0.2) is 0 Å². The van der Waals surface area contributed by atoms with Gasteiger partial charge in [0, 0.05) is 25.7 Å². The highest BCUT2D eigenvalue weighted by atomic mass is 16.3. The van der Waals surface area contributed by atoms with Crippen molar-refractivity contribution in [1.29, 1.82) is 0 Å². The Bertz CT molecular complexity index is 458. The third-order valence-corrected chi connectivity index (χ3v) is 2.13. The number of urea groups is 1. The molecule has 6 nitrogen and oxygen atoms in total. The molecule has 17 heavy (non-hydrogen) atoms. The number of carbonyl (C=O) groups excluding carboxylic acids is 2. The number of carbonyl (C=O) groups is 2. The molecule has 0 saturated carbocycles. The molecule has 0 aliphatic rings. The number of rotatable bonds is 2. The number of hydrogen-bond donors (Lipinski definition) is 4. The van der Waals surface area contributed by atoms with Crippen molar-refractivity contribution in [2.75, 3.05) is 17.7 Å². The summed E-state index contributed by atoms with van der Waals surface area (Å²) in [6.07, 6.45) is 0. The van der Waals surface area contributed by atoms with E-state index in [9.17, 15) is 14.7 Å². The van der Waals surface area contributed by atoms with Gasteiger partial charge in [0.1, 0.15) is 5.75 Å². The molecule has 0 bridgehead atoms. The normalized spacial score (nSPS) is 9.59. The summed E-state index contributed by atoms with van der Waals surface area (Å²) in [5.41, 5.74) is 1.54. The van der Waals surface area contributed by atoms with Crippen LogP contribution in [0.3, 0.4) is 0 Å². The van der Waals surface area contributed by atoms with E-state index in [1.165, 1.54) is 20.0 Å². The van der Waals surface area contributed by atoms with Crippen LogP contribution in [0.1, 0.15) is 12.5 Å². The summed E-state index contributed by atoms with van der Waals surface area (Å²) in [6.45, 7) is 3.15. The molecule has 0 aliphatic heterocycles. The smallest absolute Gasteiger partial charge is 0.319 e. The number of aromatic hydroxyl groups is 1. The van der Waals surface area contributed by atoms with Crippen LogP contribution in [0, 0.1) is 6.92 Å². The molecular formula is C11H15N3O3. The molecule has 0 heterocycles. The number of amides is 3. The molecule has 3 amide bonds. The third-order valence-electron chi connectivity index (χ3n) is 2.13. The molecule has 0 aliphatic carbocycles. The van der Waals surface area contributed by atoms with Crippen LogP contribution in [0.2, 0.25) is 0 Å². The predicted octanol–water partition coefficient (Wildman–Crippen LogP) is 1.41. The Morgan fingerprint density at radius 1 is 1.18 bits per heavy atom. The van der Waals surface area contributed by atoms with Crippen molar-refractivity contribution in [2.45, 2.75) is 13.8 Å². The lowest BCUT2D eigenvalue weighted by molar-refractivity contribution is -0.114. The molecule has 4 N–H and O–H groups in total. The number of anilines is 2. The Balaban J connectivity index is 3.00. The maximum Gasteiger partial charge on any atom is 0.319 e. The van der Waals surface area contributed by atoms with Crippen molar-refractivity contribution < 1.29 is 14.7 Å². The first-order chi connectivity index (χ1) is 7.93. The molecule has 0 radical (unpaired) electrons. The Morgan fingerprint density at radius 3 is 2.35 bits per heavy atom. The summed E-state index contributed by atoms with van der Waals surface area (Å²) in [6, 6.07) is 2.55. The number of nitrogens with one attached hydrogen (secondary N) is 3. The van der Waals surface area contributed by atoms with Crippen LogP contribution in [-0.2, 0) is 4.79 Å². The van der Waals surface area contributed by atoms with E-state index in [0.717, 1.165) is 5.56 Å². The second-order valence-corrected chi connectivity index (χ2v) is 3.57. The quantitative estimate of drug-likeness (QED) is 0.586. The van der Waals surface area contributed by atoms with Crippen LogP contribution in [0.5, 0.6) is 5.75 Å². The maximum atomic E-state index is 11.1. The summed E-state index contributed by atoms with van der Waals surface area (Å²) in [5.74, 6) is -0.331. The molecule has 6 heteroatoms. The van der Waals surface area contributed by atoms with Gasteiger partial charge in [-0.25, -0.2) is 4.79 Å². The molecule has 0 fully saturated rings. The minimum absolute atomic E-state index is 0.108. The Morgan fingerprint density at radius 2 is 1.82 bits per heavy atom. The molecule has 0 unspecified atom stereocenters. The fourth-order valence-electron chi connectivity index (χ4n) is 1.31. The molecule has 0 spiro atoms. The van der Waals surface area contributed by atoms with Gasteiger partial charge in [-0.1, -0.05) is 0 Å². The fourth-order valence-corrected chi connectivity index (χ4v) is 1.31. The van der Waals surface area contributed by atoms with Crippen LogP contribution in [0.4, 0.5) is 16.2 Å². The summed E-state index contributed by atoms with van der Waals surface area (Å²) < 4.78 is 0. The minimum atomic E-state index is -0.424. The van der Waals surface area contributed by atoms with Crippen molar-refractivity contribution in [2.24, 2.45) is 0 Å². The number of aryl methyl sites for hydroxylation is 1. The largest absolute Gasteiger partial charge is 0.506 e. The Hall–Kier alpha value is -2.24. The maximum absolute atomic E-state index is 11.1. The van der Waals surface area contributed by atoms with E-state index in [-0.39, 0.29) is 17.3 Å². The second-order valence-electron chi connectivity index (χ2n) is 3.57. The van der Waals surface area contributed by atoms with Crippen LogP contribution < -0.4 is 16.0 Å². The van der Waals surface area contributed by atoms with Crippen molar-refractivity contribution in [3.8, 4) is 5.75 Å². The van der Waals surface area contributed by atoms with Crippen LogP contribution in [-0.4, -0.2) is 24.1 Å². The zero-order valence-corrected chi connectivity index (χ0v) is 9.92. The Labute approximate surface area is 99.0 Å².